The number of aliphatic imine (C=N–C) groups is 1. The van der Waals surface area contributed by atoms with Crippen LogP contribution in [0.4, 0.5) is 17.6 Å². The second-order valence-corrected chi connectivity index (χ2v) is 40.5. The number of rotatable bonds is 14. The number of thiophene rings is 1. The molecule has 26 nitrogen and oxygen atoms in total. The molecule has 0 saturated carbocycles. The molecule has 11 aromatic rings. The third-order valence-electron chi connectivity index (χ3n) is 22.5. The average molecular weight is 1690 g/mol. The quantitative estimate of drug-likeness (QED) is 0.0501. The van der Waals surface area contributed by atoms with Crippen LogP contribution >= 0.6 is 11.3 Å². The van der Waals surface area contributed by atoms with Crippen molar-refractivity contribution in [1.82, 2.24) is 91.0 Å². The van der Waals surface area contributed by atoms with Crippen LogP contribution in [0.3, 0.4) is 0 Å². The lowest BCUT2D eigenvalue weighted by molar-refractivity contribution is -0.120. The molecule has 5 aliphatic rings. The van der Waals surface area contributed by atoms with Gasteiger partial charge in [-0.25, -0.2) is 44.9 Å². The van der Waals surface area contributed by atoms with Gasteiger partial charge < -0.3 is 47.5 Å². The van der Waals surface area contributed by atoms with Crippen LogP contribution in [-0.4, -0.2) is 165 Å². The maximum Gasteiger partial charge on any atom is 0.261 e. The highest BCUT2D eigenvalue weighted by molar-refractivity contribution is 7.20. The van der Waals surface area contributed by atoms with Crippen molar-refractivity contribution >= 4 is 107 Å². The largest absolute Gasteiger partial charge is 0.353 e. The molecule has 14 heterocycles. The van der Waals surface area contributed by atoms with E-state index in [-0.39, 0.29) is 68.1 Å². The number of nitrogens with zero attached hydrogens (tertiary/aromatic N) is 15. The van der Waals surface area contributed by atoms with Gasteiger partial charge >= 0.3 is 0 Å². The number of nitrogens with one attached hydrogen (secondary N) is 6. The van der Waals surface area contributed by atoms with Gasteiger partial charge in [0.05, 0.1) is 68.2 Å². The number of pyridine rings is 3. The number of para-hydroxylation sites is 2. The number of carbonyl (C=O) groups is 3. The van der Waals surface area contributed by atoms with Gasteiger partial charge in [0.2, 0.25) is 11.9 Å². The number of imidazole rings is 1. The first-order chi connectivity index (χ1) is 58.2. The zero-order chi connectivity index (χ0) is 88.9. The van der Waals surface area contributed by atoms with E-state index in [9.17, 15) is 14.4 Å². The lowest BCUT2D eigenvalue weighted by Gasteiger charge is -2.23. The second kappa shape index (κ2) is 40.5. The van der Waals surface area contributed by atoms with Crippen molar-refractivity contribution in [3.63, 3.8) is 0 Å². The summed E-state index contributed by atoms with van der Waals surface area (Å²) in [6, 6.07) is 23.7. The Kier molecular flexibility index (Phi) is 30.9. The maximum absolute atomic E-state index is 12.5. The molecule has 123 heavy (non-hydrogen) atoms. The lowest BCUT2D eigenvalue weighted by Crippen LogP contribution is -2.45. The molecule has 0 bridgehead atoms. The summed E-state index contributed by atoms with van der Waals surface area (Å²) in [6.45, 7) is 54.1. The maximum atomic E-state index is 12.5. The van der Waals surface area contributed by atoms with Crippen LogP contribution < -0.4 is 48.3 Å². The Bertz CT molecular complexity index is 5480. The minimum absolute atomic E-state index is 0.00319. The average Bonchev–Trinajstić information content (AvgIpc) is 1.64. The third kappa shape index (κ3) is 24.7. The van der Waals surface area contributed by atoms with E-state index in [4.69, 9.17) is 31.4 Å². The van der Waals surface area contributed by atoms with Crippen LogP contribution in [0, 0.1) is 5.92 Å². The number of fused-ring (bicyclic) bond motifs is 6. The predicted octanol–water partition coefficient (Wildman–Crippen LogP) is 15.5. The normalized spacial score (nSPS) is 17.0. The van der Waals surface area contributed by atoms with E-state index in [1.807, 2.05) is 74.5 Å². The van der Waals surface area contributed by atoms with Crippen LogP contribution in [0.2, 0.25) is 0 Å². The highest BCUT2D eigenvalue weighted by Gasteiger charge is 2.33. The molecule has 10 N–H and O–H groups in total. The molecule has 5 aliphatic heterocycles. The molecule has 27 heteroatoms. The number of carbonyl (C=O) groups excluding carboxylic acids is 3. The topological polar surface area (TPSA) is 351 Å². The molecule has 9 aromatic heterocycles. The summed E-state index contributed by atoms with van der Waals surface area (Å²) in [5.41, 5.74) is 26.8. The van der Waals surface area contributed by atoms with Gasteiger partial charge in [-0.2, -0.15) is 4.98 Å². The summed E-state index contributed by atoms with van der Waals surface area (Å²) in [5, 5.41) is 23.0. The van der Waals surface area contributed by atoms with E-state index in [1.54, 1.807) is 6.33 Å². The molecular weight excluding hydrogens is 1560 g/mol. The first-order valence-corrected chi connectivity index (χ1v) is 45.0. The summed E-state index contributed by atoms with van der Waals surface area (Å²) >= 11 is 1.44. The lowest BCUT2D eigenvalue weighted by atomic mass is 9.85. The molecule has 16 rings (SSSR count). The van der Waals surface area contributed by atoms with Gasteiger partial charge in [0.25, 0.3) is 5.91 Å². The van der Waals surface area contributed by atoms with Crippen molar-refractivity contribution in [2.75, 3.05) is 69.1 Å². The van der Waals surface area contributed by atoms with Crippen LogP contribution in [0.25, 0.3) is 54.2 Å². The zero-order valence-electron chi connectivity index (χ0n) is 76.8. The van der Waals surface area contributed by atoms with Crippen LogP contribution in [0.15, 0.2) is 103 Å². The van der Waals surface area contributed by atoms with Gasteiger partial charge in [0, 0.05) is 149 Å². The van der Waals surface area contributed by atoms with Gasteiger partial charge in [-0.05, 0) is 156 Å². The number of anilines is 2. The van der Waals surface area contributed by atoms with E-state index in [0.717, 1.165) is 199 Å². The molecule has 4 saturated heterocycles. The summed E-state index contributed by atoms with van der Waals surface area (Å²) < 4.78 is 2.15. The SMILES string of the molecule is CC(C)(C)c1ccnc2cc(CN)ccc12.CC(C)(C)c1nc(NC(=O)C2CCNCC2)nc2c1CC=N2.CC(C)(C)c1ncc(CCNC2CCNC2)c2ncccc12.CC(C)(C)c1ncnc2sc(C(=O)NC3CCCNC3)cc12.CC(C)n1cnc2nc(C(C)(C)C)nc(N3CCC(N)C3)c21.CCC(=O)Cc1nc2ccccc2nc1C(C)(C)C. The van der Waals surface area contributed by atoms with Gasteiger partial charge in [0.15, 0.2) is 17.3 Å². The number of Topliss-reactive ketones (excluding diaryl/α,β-unsaturated/α-hetero) is 1. The molecule has 3 atom stereocenters. The molecule has 4 fully saturated rings. The van der Waals surface area contributed by atoms with Crippen molar-refractivity contribution < 1.29 is 14.4 Å². The van der Waals surface area contributed by atoms with Crippen molar-refractivity contribution in [2.45, 2.75) is 273 Å². The van der Waals surface area contributed by atoms with Gasteiger partial charge in [-0.15, -0.1) is 11.3 Å². The number of nitrogens with two attached hydrogens (primary N) is 2. The number of hydrogen-bond donors (Lipinski definition) is 8. The third-order valence-corrected chi connectivity index (χ3v) is 23.5. The Morgan fingerprint density at radius 2 is 1.32 bits per heavy atom. The van der Waals surface area contributed by atoms with Crippen LogP contribution in [-0.2, 0) is 67.9 Å². The number of ketones is 1. The Balaban J connectivity index is 0.000000144. The standard InChI is InChI=1S/C18H26N4.C16H26N6.C16H23N5O.C16H22N4OS.C16H20N2O.C14H18N2/c1-18(2,3)17-15-5-4-8-21-16(15)13(11-22-17)6-10-20-14-7-9-19-12-14;1-10(2)22-9-18-13-12(22)14(21-7-6-11(17)8-21)20-15(19-13)16(3,4)5;1-16(2,3)12-11-6-9-18-13(11)20-15(19-12)21-14(22)10-4-7-17-8-5-10;1-16(2,3)13-11-7-12(22-15(11)19-9-18-13)14(21)20-10-5-4-6-17-8-10;1-5-11(19)10-14-15(16(2,3)4)18-13-9-7-6-8-12(13)17-14;1-14(2,3)12-6-7-16-13-8-10(9-15)4-5-11(12)13/h4-5,8,11,14,19-20H,6-7,9-10,12H2,1-3H3;9-11H,6-8,17H2,1-5H3;9-10,17H,4-8H2,1-3H3,(H,19,20,21,22);7,9-10,17H,4-6,8H2,1-3H3,(H,20,21);6-9H,5,10H2,1-4H3;4-8H,9,15H2,1-3H3. The van der Waals surface area contributed by atoms with E-state index in [2.05, 4.69) is 255 Å². The molecule has 658 valence electrons. The fourth-order valence-corrected chi connectivity index (χ4v) is 16.7. The Hall–Kier alpha value is -9.74. The molecule has 0 aliphatic carbocycles. The molecule has 0 spiro atoms. The first kappa shape index (κ1) is 93.9. The van der Waals surface area contributed by atoms with E-state index < -0.39 is 0 Å². The van der Waals surface area contributed by atoms with Crippen molar-refractivity contribution in [1.29, 1.82) is 0 Å². The zero-order valence-corrected chi connectivity index (χ0v) is 77.7. The fourth-order valence-electron chi connectivity index (χ4n) is 15.8. The number of amides is 2. The molecular formula is C96H135N23O3S. The van der Waals surface area contributed by atoms with Crippen molar-refractivity contribution in [3.8, 4) is 0 Å². The summed E-state index contributed by atoms with van der Waals surface area (Å²) in [6.07, 6.45) is 19.8. The van der Waals surface area contributed by atoms with Gasteiger partial charge in [-0.3, -0.25) is 34.7 Å². The Morgan fingerprint density at radius 1 is 0.626 bits per heavy atom. The number of aromatic nitrogens is 13. The highest BCUT2D eigenvalue weighted by atomic mass is 32.1. The van der Waals surface area contributed by atoms with Crippen LogP contribution in [0.1, 0.15) is 263 Å². The van der Waals surface area contributed by atoms with E-state index in [0.29, 0.717) is 48.1 Å². The number of hydrogen-bond acceptors (Lipinski definition) is 24. The van der Waals surface area contributed by atoms with E-state index in [1.165, 1.54) is 39.7 Å². The van der Waals surface area contributed by atoms with E-state index >= 15 is 0 Å². The van der Waals surface area contributed by atoms with Crippen molar-refractivity contribution in [2.24, 2.45) is 22.4 Å². The summed E-state index contributed by atoms with van der Waals surface area (Å²) in [7, 11) is 0. The van der Waals surface area contributed by atoms with Crippen LogP contribution in [0.5, 0.6) is 0 Å². The molecule has 0 radical (unpaired) electrons. The molecule has 2 aromatic carbocycles. The smallest absolute Gasteiger partial charge is 0.261 e. The minimum atomic E-state index is -0.111. The predicted molar refractivity (Wildman–Crippen MR) is 502 cm³/mol. The fraction of sp³-hybridized carbons (Fsp3) is 0.542. The number of piperidine rings is 2. The first-order valence-electron chi connectivity index (χ1n) is 44.2. The highest BCUT2D eigenvalue weighted by Crippen LogP contribution is 2.38. The molecule has 3 unspecified atom stereocenters. The second-order valence-electron chi connectivity index (χ2n) is 39.5. The van der Waals surface area contributed by atoms with Crippen molar-refractivity contribution in [3.05, 3.63) is 159 Å². The summed E-state index contributed by atoms with van der Waals surface area (Å²) in [5.74, 6) is 3.15. The molecule has 2 amide bonds. The van der Waals surface area contributed by atoms with Gasteiger partial charge in [0.1, 0.15) is 28.3 Å². The minimum Gasteiger partial charge on any atom is -0.353 e. The Labute approximate surface area is 731 Å². The number of benzene rings is 2. The Morgan fingerprint density at radius 3 is 1.95 bits per heavy atom. The van der Waals surface area contributed by atoms with Gasteiger partial charge in [-0.1, -0.05) is 156 Å². The monoisotopic (exact) mass is 1690 g/mol. The summed E-state index contributed by atoms with van der Waals surface area (Å²) in [4.78, 5) is 99.8.